The Morgan fingerprint density at radius 1 is 1.24 bits per heavy atom. The summed E-state index contributed by atoms with van der Waals surface area (Å²) in [5.41, 5.74) is 2.99. The number of rotatable bonds is 6. The van der Waals surface area contributed by atoms with Crippen LogP contribution in [0.1, 0.15) is 12.5 Å². The highest BCUT2D eigenvalue weighted by Crippen LogP contribution is 2.34. The molecule has 2 aromatic carbocycles. The van der Waals surface area contributed by atoms with E-state index in [0.717, 1.165) is 16.7 Å². The average molecular weight is 412 g/mol. The van der Waals surface area contributed by atoms with Gasteiger partial charge in [0.15, 0.2) is 11.4 Å². The molecule has 0 atom stereocenters. The maximum Gasteiger partial charge on any atom is 0.266 e. The number of ether oxygens (including phenoxy) is 1. The van der Waals surface area contributed by atoms with E-state index in [2.05, 4.69) is 15.0 Å². The van der Waals surface area contributed by atoms with Gasteiger partial charge in [-0.3, -0.25) is 9.40 Å². The fourth-order valence-electron chi connectivity index (χ4n) is 3.16. The second-order valence-corrected chi connectivity index (χ2v) is 8.21. The molecule has 150 valence electrons. The van der Waals surface area contributed by atoms with Crippen LogP contribution >= 0.6 is 0 Å². The van der Waals surface area contributed by atoms with Crippen molar-refractivity contribution in [3.05, 3.63) is 54.4 Å². The van der Waals surface area contributed by atoms with E-state index in [9.17, 15) is 8.42 Å². The minimum absolute atomic E-state index is 0.0545. The molecule has 9 heteroatoms. The Morgan fingerprint density at radius 3 is 2.76 bits per heavy atom. The number of sulfonamides is 1. The van der Waals surface area contributed by atoms with Crippen LogP contribution in [0.5, 0.6) is 5.75 Å². The van der Waals surface area contributed by atoms with Crippen molar-refractivity contribution in [3.8, 4) is 16.9 Å². The quantitative estimate of drug-likeness (QED) is 0.519. The first-order valence-corrected chi connectivity index (χ1v) is 10.5. The first-order chi connectivity index (χ1) is 13.9. The molecule has 0 spiro atoms. The number of methoxy groups -OCH3 is 1. The lowest BCUT2D eigenvalue weighted by Gasteiger charge is -2.11. The van der Waals surface area contributed by atoms with E-state index < -0.39 is 10.0 Å². The lowest BCUT2D eigenvalue weighted by atomic mass is 10.1. The van der Waals surface area contributed by atoms with E-state index in [1.165, 1.54) is 7.11 Å². The molecule has 0 saturated carbocycles. The van der Waals surface area contributed by atoms with Crippen LogP contribution in [-0.2, 0) is 23.5 Å². The molecular formula is C20H20N4O4S. The maximum absolute atomic E-state index is 13.1. The number of hydrogen-bond donors (Lipinski definition) is 1. The summed E-state index contributed by atoms with van der Waals surface area (Å²) in [5, 5.41) is 8.69. The molecule has 4 aromatic rings. The van der Waals surface area contributed by atoms with E-state index in [-0.39, 0.29) is 16.5 Å². The number of para-hydroxylation sites is 1. The molecule has 29 heavy (non-hydrogen) atoms. The molecule has 0 saturated heterocycles. The Kier molecular flexibility index (Phi) is 4.75. The largest absolute Gasteiger partial charge is 0.495 e. The van der Waals surface area contributed by atoms with Crippen LogP contribution in [0.3, 0.4) is 0 Å². The Morgan fingerprint density at radius 2 is 2.07 bits per heavy atom. The third kappa shape index (κ3) is 3.44. The van der Waals surface area contributed by atoms with Gasteiger partial charge in [-0.05, 0) is 30.2 Å². The third-order valence-corrected chi connectivity index (χ3v) is 6.03. The van der Waals surface area contributed by atoms with Crippen molar-refractivity contribution < 1.29 is 17.7 Å². The predicted molar refractivity (Wildman–Crippen MR) is 109 cm³/mol. The Balaban J connectivity index is 1.77. The Hall–Kier alpha value is -3.33. The lowest BCUT2D eigenvalue weighted by molar-refractivity contribution is 0.402. The van der Waals surface area contributed by atoms with Gasteiger partial charge in [-0.1, -0.05) is 30.3 Å². The van der Waals surface area contributed by atoms with E-state index in [0.29, 0.717) is 17.4 Å². The van der Waals surface area contributed by atoms with Gasteiger partial charge in [0.1, 0.15) is 10.6 Å². The van der Waals surface area contributed by atoms with Crippen LogP contribution < -0.4 is 9.46 Å². The molecule has 0 fully saturated rings. The summed E-state index contributed by atoms with van der Waals surface area (Å²) in [6.45, 7) is 1.96. The maximum atomic E-state index is 13.1. The highest BCUT2D eigenvalue weighted by Gasteiger charge is 2.24. The average Bonchev–Trinajstić information content (AvgIpc) is 3.33. The molecule has 4 rings (SSSR count). The zero-order chi connectivity index (χ0) is 20.6. The second kappa shape index (κ2) is 7.25. The SMILES string of the molecule is CCc1ccc(OC)c(S(=O)(=O)Nc2noc3c(-c4cnn(C)c4)cccc23)c1. The highest BCUT2D eigenvalue weighted by atomic mass is 32.2. The van der Waals surface area contributed by atoms with Crippen LogP contribution in [-0.4, -0.2) is 30.5 Å². The van der Waals surface area contributed by atoms with Crippen molar-refractivity contribution in [1.29, 1.82) is 0 Å². The van der Waals surface area contributed by atoms with Gasteiger partial charge in [0.2, 0.25) is 0 Å². The summed E-state index contributed by atoms with van der Waals surface area (Å²) in [6.07, 6.45) is 4.26. The topological polar surface area (TPSA) is 99.2 Å². The lowest BCUT2D eigenvalue weighted by Crippen LogP contribution is -2.15. The number of hydrogen-bond acceptors (Lipinski definition) is 6. The number of aryl methyl sites for hydroxylation is 2. The Labute approximate surface area is 168 Å². The number of aromatic nitrogens is 3. The Bertz CT molecular complexity index is 1290. The van der Waals surface area contributed by atoms with Gasteiger partial charge in [-0.25, -0.2) is 8.42 Å². The van der Waals surface area contributed by atoms with Gasteiger partial charge in [0, 0.05) is 24.4 Å². The molecule has 0 bridgehead atoms. The van der Waals surface area contributed by atoms with E-state index >= 15 is 0 Å². The van der Waals surface area contributed by atoms with Crippen molar-refractivity contribution in [1.82, 2.24) is 14.9 Å². The van der Waals surface area contributed by atoms with Gasteiger partial charge in [-0.15, -0.1) is 0 Å². The van der Waals surface area contributed by atoms with Crippen LogP contribution in [0, 0.1) is 0 Å². The van der Waals surface area contributed by atoms with Crippen molar-refractivity contribution in [2.75, 3.05) is 11.8 Å². The molecule has 8 nitrogen and oxygen atoms in total. The van der Waals surface area contributed by atoms with E-state index in [1.54, 1.807) is 29.1 Å². The highest BCUT2D eigenvalue weighted by molar-refractivity contribution is 7.92. The minimum Gasteiger partial charge on any atom is -0.495 e. The minimum atomic E-state index is -3.94. The van der Waals surface area contributed by atoms with Crippen molar-refractivity contribution in [3.63, 3.8) is 0 Å². The normalized spacial score (nSPS) is 11.7. The van der Waals surface area contributed by atoms with Crippen LogP contribution in [0.2, 0.25) is 0 Å². The summed E-state index contributed by atoms with van der Waals surface area (Å²) >= 11 is 0. The number of benzene rings is 2. The van der Waals surface area contributed by atoms with E-state index in [1.807, 2.05) is 38.4 Å². The van der Waals surface area contributed by atoms with Gasteiger partial charge in [-0.2, -0.15) is 5.10 Å². The number of nitrogens with zero attached hydrogens (tertiary/aromatic N) is 3. The summed E-state index contributed by atoms with van der Waals surface area (Å²) < 4.78 is 41.1. The second-order valence-electron chi connectivity index (χ2n) is 6.56. The fraction of sp³-hybridized carbons (Fsp3) is 0.200. The smallest absolute Gasteiger partial charge is 0.266 e. The van der Waals surface area contributed by atoms with Gasteiger partial charge >= 0.3 is 0 Å². The summed E-state index contributed by atoms with van der Waals surface area (Å²) in [6, 6.07) is 10.5. The summed E-state index contributed by atoms with van der Waals surface area (Å²) in [4.78, 5) is 0.0545. The molecule has 0 unspecified atom stereocenters. The number of fused-ring (bicyclic) bond motifs is 1. The fourth-order valence-corrected chi connectivity index (χ4v) is 4.39. The predicted octanol–water partition coefficient (Wildman–Crippen LogP) is 3.60. The standard InChI is InChI=1S/C20H20N4O4S/c1-4-13-8-9-17(27-3)18(10-13)29(25,26)23-20-16-7-5-6-15(19(16)28-22-20)14-11-21-24(2)12-14/h5-12H,4H2,1-3H3,(H,22,23). The zero-order valence-electron chi connectivity index (χ0n) is 16.2. The number of nitrogens with one attached hydrogen (secondary N) is 1. The molecular weight excluding hydrogens is 392 g/mol. The third-order valence-electron chi connectivity index (χ3n) is 4.67. The molecule has 0 radical (unpaired) electrons. The van der Waals surface area contributed by atoms with Crippen molar-refractivity contribution in [2.24, 2.45) is 7.05 Å². The first-order valence-electron chi connectivity index (χ1n) is 9.00. The first kappa shape index (κ1) is 19.0. The van der Waals surface area contributed by atoms with Gasteiger partial charge in [0.25, 0.3) is 10.0 Å². The van der Waals surface area contributed by atoms with Gasteiger partial charge < -0.3 is 9.26 Å². The van der Waals surface area contributed by atoms with Crippen molar-refractivity contribution >= 4 is 26.8 Å². The van der Waals surface area contributed by atoms with Crippen LogP contribution in [0.4, 0.5) is 5.82 Å². The van der Waals surface area contributed by atoms with E-state index in [4.69, 9.17) is 9.26 Å². The molecule has 0 aliphatic heterocycles. The van der Waals surface area contributed by atoms with Crippen molar-refractivity contribution in [2.45, 2.75) is 18.2 Å². The molecule has 2 aromatic heterocycles. The molecule has 0 aliphatic carbocycles. The zero-order valence-corrected chi connectivity index (χ0v) is 17.0. The van der Waals surface area contributed by atoms with Gasteiger partial charge in [0.05, 0.1) is 18.7 Å². The molecule has 2 heterocycles. The van der Waals surface area contributed by atoms with Crippen LogP contribution in [0.15, 0.2) is 58.2 Å². The summed E-state index contributed by atoms with van der Waals surface area (Å²) in [7, 11) is -0.680. The molecule has 0 aliphatic rings. The summed E-state index contributed by atoms with van der Waals surface area (Å²) in [5.74, 6) is 0.383. The monoisotopic (exact) mass is 412 g/mol. The van der Waals surface area contributed by atoms with Crippen LogP contribution in [0.25, 0.3) is 22.1 Å². The number of anilines is 1. The molecule has 1 N–H and O–H groups in total. The molecule has 0 amide bonds.